The molecule has 2 aromatic rings. The van der Waals surface area contributed by atoms with Crippen molar-refractivity contribution in [2.24, 2.45) is 0 Å². The molecule has 0 aromatic carbocycles. The summed E-state index contributed by atoms with van der Waals surface area (Å²) >= 11 is 1.68. The fourth-order valence-corrected chi connectivity index (χ4v) is 2.24. The second-order valence-corrected chi connectivity index (χ2v) is 4.70. The second-order valence-electron chi connectivity index (χ2n) is 3.67. The molecule has 2 aromatic heterocycles. The van der Waals surface area contributed by atoms with Gasteiger partial charge >= 0.3 is 5.97 Å². The lowest BCUT2D eigenvalue weighted by Crippen LogP contribution is -2.11. The molecule has 0 aliphatic carbocycles. The van der Waals surface area contributed by atoms with Gasteiger partial charge in [0, 0.05) is 11.4 Å². The van der Waals surface area contributed by atoms with Gasteiger partial charge < -0.3 is 14.8 Å². The fraction of sp³-hybridized carbons (Fsp3) is 0.250. The summed E-state index contributed by atoms with van der Waals surface area (Å²) in [6.07, 6.45) is 0. The highest BCUT2D eigenvalue weighted by Crippen LogP contribution is 2.15. The van der Waals surface area contributed by atoms with Crippen molar-refractivity contribution in [3.05, 3.63) is 45.5 Å². The molecule has 2 rings (SSSR count). The van der Waals surface area contributed by atoms with Crippen LogP contribution in [0.1, 0.15) is 26.8 Å². The summed E-state index contributed by atoms with van der Waals surface area (Å²) in [6, 6.07) is 5.62. The number of hydrogen-bond donors (Lipinski definition) is 2. The van der Waals surface area contributed by atoms with Gasteiger partial charge in [-0.15, -0.1) is 11.3 Å². The predicted molar refractivity (Wildman–Crippen MR) is 65.3 cm³/mol. The largest absolute Gasteiger partial charge is 0.478 e. The van der Waals surface area contributed by atoms with Crippen LogP contribution in [-0.2, 0) is 13.1 Å². The van der Waals surface area contributed by atoms with Crippen LogP contribution >= 0.6 is 11.3 Å². The Morgan fingerprint density at radius 1 is 1.53 bits per heavy atom. The molecule has 0 radical (unpaired) electrons. The molecule has 2 N–H and O–H groups in total. The fourth-order valence-electron chi connectivity index (χ4n) is 1.57. The minimum atomic E-state index is -0.948. The SMILES string of the molecule is Cc1oc(CNCc2cccs2)cc1C(=O)O. The van der Waals surface area contributed by atoms with Crippen LogP contribution in [0.25, 0.3) is 0 Å². The second kappa shape index (κ2) is 5.16. The van der Waals surface area contributed by atoms with Gasteiger partial charge in [0.1, 0.15) is 17.1 Å². The molecular formula is C12H13NO3S. The van der Waals surface area contributed by atoms with Gasteiger partial charge in [0.25, 0.3) is 0 Å². The summed E-state index contributed by atoms with van der Waals surface area (Å²) in [7, 11) is 0. The molecule has 90 valence electrons. The smallest absolute Gasteiger partial charge is 0.339 e. The summed E-state index contributed by atoms with van der Waals surface area (Å²) in [5.74, 6) is 0.151. The number of nitrogens with one attached hydrogen (secondary N) is 1. The minimum Gasteiger partial charge on any atom is -0.478 e. The highest BCUT2D eigenvalue weighted by Gasteiger charge is 2.13. The maximum Gasteiger partial charge on any atom is 0.339 e. The molecule has 0 spiro atoms. The molecule has 0 saturated carbocycles. The first kappa shape index (κ1) is 11.9. The third-order valence-electron chi connectivity index (χ3n) is 2.38. The van der Waals surface area contributed by atoms with Gasteiger partial charge in [-0.25, -0.2) is 4.79 Å². The number of carbonyl (C=O) groups is 1. The van der Waals surface area contributed by atoms with Gasteiger partial charge in [0.05, 0.1) is 6.54 Å². The Morgan fingerprint density at radius 3 is 2.94 bits per heavy atom. The first-order valence-electron chi connectivity index (χ1n) is 5.22. The molecule has 4 nitrogen and oxygen atoms in total. The first-order valence-corrected chi connectivity index (χ1v) is 6.10. The van der Waals surface area contributed by atoms with Crippen LogP contribution in [-0.4, -0.2) is 11.1 Å². The van der Waals surface area contributed by atoms with Gasteiger partial charge in [0.15, 0.2) is 0 Å². The lowest BCUT2D eigenvalue weighted by Gasteiger charge is -1.99. The topological polar surface area (TPSA) is 62.5 Å². The predicted octanol–water partition coefficient (Wildman–Crippen LogP) is 2.64. The first-order chi connectivity index (χ1) is 8.16. The van der Waals surface area contributed by atoms with Crippen LogP contribution in [0, 0.1) is 6.92 Å². The lowest BCUT2D eigenvalue weighted by atomic mass is 10.2. The number of rotatable bonds is 5. The molecule has 0 atom stereocenters. The van der Waals surface area contributed by atoms with Gasteiger partial charge in [0.2, 0.25) is 0 Å². The molecule has 0 aliphatic rings. The zero-order chi connectivity index (χ0) is 12.3. The third kappa shape index (κ3) is 2.95. The monoisotopic (exact) mass is 251 g/mol. The zero-order valence-electron chi connectivity index (χ0n) is 9.40. The molecule has 2 heterocycles. The maximum absolute atomic E-state index is 10.8. The van der Waals surface area contributed by atoms with Crippen LogP contribution in [0.5, 0.6) is 0 Å². The van der Waals surface area contributed by atoms with Crippen molar-refractivity contribution in [1.82, 2.24) is 5.32 Å². The van der Waals surface area contributed by atoms with Gasteiger partial charge in [-0.1, -0.05) is 6.07 Å². The summed E-state index contributed by atoms with van der Waals surface area (Å²) in [6.45, 7) is 2.96. The number of furan rings is 1. The molecule has 0 unspecified atom stereocenters. The Kier molecular flexibility index (Phi) is 3.61. The van der Waals surface area contributed by atoms with E-state index in [0.29, 0.717) is 18.1 Å². The molecule has 0 bridgehead atoms. The van der Waals surface area contributed by atoms with E-state index >= 15 is 0 Å². The summed E-state index contributed by atoms with van der Waals surface area (Å²) in [5.41, 5.74) is 0.234. The van der Waals surface area contributed by atoms with E-state index in [-0.39, 0.29) is 5.56 Å². The van der Waals surface area contributed by atoms with E-state index in [0.717, 1.165) is 6.54 Å². The average Bonchev–Trinajstić information content (AvgIpc) is 2.88. The van der Waals surface area contributed by atoms with Crippen molar-refractivity contribution in [3.8, 4) is 0 Å². The number of thiophene rings is 1. The van der Waals surface area contributed by atoms with Crippen molar-refractivity contribution >= 4 is 17.3 Å². The van der Waals surface area contributed by atoms with Crippen LogP contribution in [0.2, 0.25) is 0 Å². The standard InChI is InChI=1S/C12H13NO3S/c1-8-11(12(14)15)5-9(16-8)6-13-7-10-3-2-4-17-10/h2-5,13H,6-7H2,1H3,(H,14,15). The van der Waals surface area contributed by atoms with E-state index in [2.05, 4.69) is 5.32 Å². The van der Waals surface area contributed by atoms with Crippen LogP contribution < -0.4 is 5.32 Å². The molecular weight excluding hydrogens is 238 g/mol. The summed E-state index contributed by atoms with van der Waals surface area (Å²) in [4.78, 5) is 12.1. The normalized spacial score (nSPS) is 10.6. The van der Waals surface area contributed by atoms with E-state index in [1.165, 1.54) is 4.88 Å². The van der Waals surface area contributed by atoms with Crippen LogP contribution in [0.4, 0.5) is 0 Å². The molecule has 0 fully saturated rings. The number of aryl methyl sites for hydroxylation is 1. The van der Waals surface area contributed by atoms with E-state index in [1.807, 2.05) is 17.5 Å². The number of carboxylic acid groups (broad SMARTS) is 1. The molecule has 0 saturated heterocycles. The minimum absolute atomic E-state index is 0.234. The number of aromatic carboxylic acids is 1. The van der Waals surface area contributed by atoms with Crippen molar-refractivity contribution in [3.63, 3.8) is 0 Å². The summed E-state index contributed by atoms with van der Waals surface area (Å²) in [5, 5.41) is 14.1. The van der Waals surface area contributed by atoms with E-state index in [9.17, 15) is 4.79 Å². The lowest BCUT2D eigenvalue weighted by molar-refractivity contribution is 0.0695. The van der Waals surface area contributed by atoms with E-state index in [4.69, 9.17) is 9.52 Å². The zero-order valence-corrected chi connectivity index (χ0v) is 10.2. The van der Waals surface area contributed by atoms with Crippen molar-refractivity contribution in [2.75, 3.05) is 0 Å². The van der Waals surface area contributed by atoms with E-state index in [1.54, 1.807) is 24.3 Å². The molecule has 0 aliphatic heterocycles. The Balaban J connectivity index is 1.91. The average molecular weight is 251 g/mol. The quantitative estimate of drug-likeness (QED) is 0.857. The van der Waals surface area contributed by atoms with Crippen LogP contribution in [0.15, 0.2) is 28.0 Å². The molecule has 0 amide bonds. The highest BCUT2D eigenvalue weighted by atomic mass is 32.1. The summed E-state index contributed by atoms with van der Waals surface area (Å²) < 4.78 is 5.36. The maximum atomic E-state index is 10.8. The molecule has 5 heteroatoms. The number of carboxylic acids is 1. The highest BCUT2D eigenvalue weighted by molar-refractivity contribution is 7.09. The Morgan fingerprint density at radius 2 is 2.35 bits per heavy atom. The Hall–Kier alpha value is -1.59. The molecule has 17 heavy (non-hydrogen) atoms. The Bertz CT molecular complexity index is 502. The van der Waals surface area contributed by atoms with Crippen LogP contribution in [0.3, 0.4) is 0 Å². The van der Waals surface area contributed by atoms with Crippen molar-refractivity contribution in [1.29, 1.82) is 0 Å². The van der Waals surface area contributed by atoms with E-state index < -0.39 is 5.97 Å². The van der Waals surface area contributed by atoms with Gasteiger partial charge in [-0.3, -0.25) is 0 Å². The van der Waals surface area contributed by atoms with Gasteiger partial charge in [-0.05, 0) is 24.4 Å². The third-order valence-corrected chi connectivity index (χ3v) is 3.25. The van der Waals surface area contributed by atoms with Crippen molar-refractivity contribution in [2.45, 2.75) is 20.0 Å². The number of hydrogen-bond acceptors (Lipinski definition) is 4. The van der Waals surface area contributed by atoms with Crippen molar-refractivity contribution < 1.29 is 14.3 Å². The Labute approximate surface area is 103 Å². The van der Waals surface area contributed by atoms with Gasteiger partial charge in [-0.2, -0.15) is 0 Å².